The van der Waals surface area contributed by atoms with E-state index >= 15 is 0 Å². The number of anilines is 2. The zero-order valence-corrected chi connectivity index (χ0v) is 28.2. The number of fused-ring (bicyclic) bond motifs is 1. The van der Waals surface area contributed by atoms with Gasteiger partial charge in [0.2, 0.25) is 11.8 Å². The summed E-state index contributed by atoms with van der Waals surface area (Å²) in [6.45, 7) is 8.01. The molecular formula is C35H38F7N5O3. The molecule has 0 saturated carbocycles. The molecule has 5 rings (SSSR count). The molecule has 8 nitrogen and oxygen atoms in total. The van der Waals surface area contributed by atoms with Crippen LogP contribution in [0.1, 0.15) is 43.0 Å². The van der Waals surface area contributed by atoms with Crippen molar-refractivity contribution in [2.75, 3.05) is 56.2 Å². The van der Waals surface area contributed by atoms with Gasteiger partial charge in [0.25, 0.3) is 0 Å². The van der Waals surface area contributed by atoms with Crippen LogP contribution in [0.2, 0.25) is 0 Å². The molecule has 3 aromatic rings. The van der Waals surface area contributed by atoms with Gasteiger partial charge in [-0.15, -0.1) is 0 Å². The Morgan fingerprint density at radius 1 is 0.900 bits per heavy atom. The predicted molar refractivity (Wildman–Crippen MR) is 173 cm³/mol. The number of pyridine rings is 1. The summed E-state index contributed by atoms with van der Waals surface area (Å²) in [6, 6.07) is 6.35. The van der Waals surface area contributed by atoms with E-state index in [1.165, 1.54) is 52.2 Å². The van der Waals surface area contributed by atoms with Gasteiger partial charge in [0, 0.05) is 58.3 Å². The summed E-state index contributed by atoms with van der Waals surface area (Å²) in [5, 5.41) is 10.4. The van der Waals surface area contributed by atoms with Crippen LogP contribution in [-0.4, -0.2) is 90.2 Å². The molecule has 0 aliphatic carbocycles. The second kappa shape index (κ2) is 13.5. The van der Waals surface area contributed by atoms with Gasteiger partial charge in [-0.2, -0.15) is 26.3 Å². The van der Waals surface area contributed by atoms with Gasteiger partial charge in [0.15, 0.2) is 0 Å². The highest BCUT2D eigenvalue weighted by Crippen LogP contribution is 2.41. The summed E-state index contributed by atoms with van der Waals surface area (Å²) in [5.74, 6) is -0.971. The minimum atomic E-state index is -5.10. The van der Waals surface area contributed by atoms with Crippen molar-refractivity contribution in [3.63, 3.8) is 0 Å². The first kappa shape index (κ1) is 37.0. The van der Waals surface area contributed by atoms with E-state index in [1.807, 2.05) is 4.90 Å². The molecule has 1 aromatic heterocycles. The summed E-state index contributed by atoms with van der Waals surface area (Å²) < 4.78 is 96.5. The van der Waals surface area contributed by atoms with Crippen molar-refractivity contribution in [3.8, 4) is 11.1 Å². The summed E-state index contributed by atoms with van der Waals surface area (Å²) >= 11 is 0. The molecule has 2 amide bonds. The van der Waals surface area contributed by atoms with E-state index in [2.05, 4.69) is 9.88 Å². The standard InChI is InChI=1S/C35H38F7N5O3/c1-20-10-25(36)6-7-28(20)29-14-31(47-18-26-16-45(21(2)49)8-9-46(26)17-27(47)19-48)43-15-30(29)44(5)32(50)33(3,4)22-11-23(34(37,38)39)13-24(12-22)35(40,41)42/h6-7,10-15,26-27,48H,8-9,16-19H2,1-5H3/t26-,27-/m0/s1. The Labute approximate surface area is 285 Å². The number of piperazine rings is 2. The molecule has 2 aliphatic rings. The van der Waals surface area contributed by atoms with Crippen molar-refractivity contribution < 1.29 is 45.4 Å². The van der Waals surface area contributed by atoms with Crippen LogP contribution in [0.4, 0.5) is 42.2 Å². The van der Waals surface area contributed by atoms with Crippen LogP contribution in [0.15, 0.2) is 48.7 Å². The van der Waals surface area contributed by atoms with E-state index in [1.54, 1.807) is 17.9 Å². The maximum atomic E-state index is 14.2. The van der Waals surface area contributed by atoms with Crippen molar-refractivity contribution in [2.45, 2.75) is 57.5 Å². The smallest absolute Gasteiger partial charge is 0.394 e. The fourth-order valence-corrected chi connectivity index (χ4v) is 6.75. The number of carbonyl (C=O) groups excluding carboxylic acids is 2. The van der Waals surface area contributed by atoms with E-state index in [4.69, 9.17) is 0 Å². The highest BCUT2D eigenvalue weighted by Gasteiger charge is 2.42. The molecular weight excluding hydrogens is 671 g/mol. The third-order valence-electron chi connectivity index (χ3n) is 9.71. The minimum absolute atomic E-state index is 0.0102. The number of rotatable bonds is 6. The van der Waals surface area contributed by atoms with Crippen molar-refractivity contribution in [3.05, 3.63) is 76.7 Å². The average molecular weight is 710 g/mol. The molecule has 0 spiro atoms. The molecule has 1 N–H and O–H groups in total. The summed E-state index contributed by atoms with van der Waals surface area (Å²) in [5.41, 5.74) is -3.90. The fraction of sp³-hybridized carbons (Fsp3) is 0.457. The Kier molecular flexibility index (Phi) is 9.98. The number of aryl methyl sites for hydroxylation is 1. The van der Waals surface area contributed by atoms with Crippen LogP contribution in [0, 0.1) is 12.7 Å². The van der Waals surface area contributed by atoms with Gasteiger partial charge in [-0.3, -0.25) is 14.5 Å². The third-order valence-corrected chi connectivity index (χ3v) is 9.71. The number of hydrogen-bond donors (Lipinski definition) is 1. The van der Waals surface area contributed by atoms with Crippen molar-refractivity contribution in [2.24, 2.45) is 0 Å². The van der Waals surface area contributed by atoms with E-state index in [9.17, 15) is 45.4 Å². The fourth-order valence-electron chi connectivity index (χ4n) is 6.75. The largest absolute Gasteiger partial charge is 0.416 e. The lowest BCUT2D eigenvalue weighted by Crippen LogP contribution is -2.66. The number of nitrogens with zero attached hydrogens (tertiary/aromatic N) is 5. The number of aromatic nitrogens is 1. The van der Waals surface area contributed by atoms with Gasteiger partial charge in [-0.1, -0.05) is 6.07 Å². The molecule has 0 radical (unpaired) electrons. The Bertz CT molecular complexity index is 1750. The second-order valence-corrected chi connectivity index (χ2v) is 13.4. The minimum Gasteiger partial charge on any atom is -0.394 e. The normalized spacial score (nSPS) is 19.0. The molecule has 2 saturated heterocycles. The molecule has 2 fully saturated rings. The number of benzene rings is 2. The first-order chi connectivity index (χ1) is 23.2. The van der Waals surface area contributed by atoms with E-state index in [-0.39, 0.29) is 36.4 Å². The number of halogens is 7. The molecule has 15 heteroatoms. The lowest BCUT2D eigenvalue weighted by Gasteiger charge is -2.50. The number of aliphatic hydroxyl groups is 1. The summed E-state index contributed by atoms with van der Waals surface area (Å²) in [4.78, 5) is 37.9. The number of hydrogen-bond acceptors (Lipinski definition) is 6. The predicted octanol–water partition coefficient (Wildman–Crippen LogP) is 5.89. The maximum Gasteiger partial charge on any atom is 0.416 e. The van der Waals surface area contributed by atoms with Crippen LogP contribution >= 0.6 is 0 Å². The van der Waals surface area contributed by atoms with Gasteiger partial charge in [-0.05, 0) is 73.9 Å². The average Bonchev–Trinajstić information content (AvgIpc) is 3.05. The first-order valence-corrected chi connectivity index (χ1v) is 15.9. The molecule has 2 aliphatic heterocycles. The number of alkyl halides is 6. The van der Waals surface area contributed by atoms with Crippen molar-refractivity contribution in [1.82, 2.24) is 14.8 Å². The van der Waals surface area contributed by atoms with Crippen molar-refractivity contribution >= 4 is 23.3 Å². The summed E-state index contributed by atoms with van der Waals surface area (Å²) in [7, 11) is 1.34. The maximum absolute atomic E-state index is 14.2. The van der Waals surface area contributed by atoms with Crippen LogP contribution in [0.5, 0.6) is 0 Å². The van der Waals surface area contributed by atoms with E-state index in [0.29, 0.717) is 67.4 Å². The third kappa shape index (κ3) is 7.29. The molecule has 3 heterocycles. The van der Waals surface area contributed by atoms with Gasteiger partial charge < -0.3 is 19.8 Å². The SMILES string of the molecule is CC(=O)N1CCN2C[C@@H](CO)N(c3cc(-c4ccc(F)cc4C)c(N(C)C(=O)C(C)(C)c4cc(C(F)(F)F)cc(C(F)(F)F)c4)cn3)C[C@@H]2C1. The number of likely N-dealkylation sites (N-methyl/N-ethyl adjacent to an activating group) is 1. The molecule has 270 valence electrons. The lowest BCUT2D eigenvalue weighted by atomic mass is 9.81. The first-order valence-electron chi connectivity index (χ1n) is 15.9. The molecule has 0 bridgehead atoms. The molecule has 2 aromatic carbocycles. The zero-order chi connectivity index (χ0) is 36.9. The number of carbonyl (C=O) groups is 2. The van der Waals surface area contributed by atoms with Crippen LogP contribution < -0.4 is 9.80 Å². The number of aliphatic hydroxyl groups excluding tert-OH is 1. The highest BCUT2D eigenvalue weighted by molar-refractivity contribution is 6.03. The summed E-state index contributed by atoms with van der Waals surface area (Å²) in [6.07, 6.45) is -8.83. The Balaban J connectivity index is 1.58. The van der Waals surface area contributed by atoms with Gasteiger partial charge >= 0.3 is 12.4 Å². The van der Waals surface area contributed by atoms with Crippen molar-refractivity contribution in [1.29, 1.82) is 0 Å². The zero-order valence-electron chi connectivity index (χ0n) is 28.2. The quantitative estimate of drug-likeness (QED) is 0.322. The van der Waals surface area contributed by atoms with Gasteiger partial charge in [0.05, 0.1) is 41.1 Å². The Morgan fingerprint density at radius 2 is 1.52 bits per heavy atom. The second-order valence-electron chi connectivity index (χ2n) is 13.4. The Hall–Kier alpha value is -4.24. The van der Waals surface area contributed by atoms with Crippen LogP contribution in [0.3, 0.4) is 0 Å². The van der Waals surface area contributed by atoms with Crippen LogP contribution in [0.25, 0.3) is 11.1 Å². The van der Waals surface area contributed by atoms with E-state index < -0.39 is 46.2 Å². The van der Waals surface area contributed by atoms with Gasteiger partial charge in [0.1, 0.15) is 11.6 Å². The topological polar surface area (TPSA) is 80.2 Å². The molecule has 0 unspecified atom stereocenters. The van der Waals surface area contributed by atoms with Gasteiger partial charge in [-0.25, -0.2) is 9.37 Å². The highest BCUT2D eigenvalue weighted by atomic mass is 19.4. The Morgan fingerprint density at radius 3 is 2.08 bits per heavy atom. The molecule has 50 heavy (non-hydrogen) atoms. The number of amides is 2. The monoisotopic (exact) mass is 709 g/mol. The lowest BCUT2D eigenvalue weighted by molar-refractivity contribution is -0.143. The molecule has 2 atom stereocenters. The van der Waals surface area contributed by atoms with E-state index in [0.717, 1.165) is 4.90 Å². The van der Waals surface area contributed by atoms with Crippen LogP contribution in [-0.2, 0) is 27.4 Å².